The molecule has 0 atom stereocenters. The van der Waals surface area contributed by atoms with Gasteiger partial charge in [-0.1, -0.05) is 13.0 Å². The first-order valence-corrected chi connectivity index (χ1v) is 5.76. The third kappa shape index (κ3) is 1.99. The Hall–Kier alpha value is -2.17. The van der Waals surface area contributed by atoms with Crippen LogP contribution in [-0.4, -0.2) is 24.4 Å². The van der Waals surface area contributed by atoms with E-state index >= 15 is 0 Å². The molecule has 0 aliphatic rings. The lowest BCUT2D eigenvalue weighted by molar-refractivity contribution is 0.355. The van der Waals surface area contributed by atoms with Gasteiger partial charge in [-0.15, -0.1) is 0 Å². The van der Waals surface area contributed by atoms with Gasteiger partial charge in [-0.2, -0.15) is 5.10 Å². The van der Waals surface area contributed by atoms with E-state index in [2.05, 4.69) is 17.1 Å². The van der Waals surface area contributed by atoms with Crippen LogP contribution in [0.15, 0.2) is 18.2 Å². The standard InChI is InChI=1S/C13H17N3O2/c1-4-9-12(13(14)16-15-9)8-5-6-10(17-2)11(7-8)18-3/h5-7H,4H2,1-3H3,(H3,14,15,16). The number of hydrogen-bond donors (Lipinski definition) is 2. The van der Waals surface area contributed by atoms with E-state index in [-0.39, 0.29) is 0 Å². The Labute approximate surface area is 106 Å². The number of ether oxygens (including phenoxy) is 2. The Kier molecular flexibility index (Phi) is 3.41. The zero-order chi connectivity index (χ0) is 13.1. The Morgan fingerprint density at radius 1 is 1.22 bits per heavy atom. The van der Waals surface area contributed by atoms with E-state index in [9.17, 15) is 0 Å². The zero-order valence-corrected chi connectivity index (χ0v) is 10.8. The maximum Gasteiger partial charge on any atom is 0.161 e. The number of nitrogens with two attached hydrogens (primary N) is 1. The summed E-state index contributed by atoms with van der Waals surface area (Å²) in [7, 11) is 3.22. The molecule has 0 amide bonds. The number of aromatic nitrogens is 2. The predicted molar refractivity (Wildman–Crippen MR) is 70.9 cm³/mol. The third-order valence-electron chi connectivity index (χ3n) is 2.89. The van der Waals surface area contributed by atoms with E-state index in [0.29, 0.717) is 17.3 Å². The van der Waals surface area contributed by atoms with E-state index in [4.69, 9.17) is 15.2 Å². The zero-order valence-electron chi connectivity index (χ0n) is 10.8. The van der Waals surface area contributed by atoms with E-state index in [1.807, 2.05) is 18.2 Å². The SMILES string of the molecule is CCc1[nH]nc(N)c1-c1ccc(OC)c(OC)c1. The van der Waals surface area contributed by atoms with Crippen LogP contribution in [0.4, 0.5) is 5.82 Å². The van der Waals surface area contributed by atoms with Crippen molar-refractivity contribution in [2.45, 2.75) is 13.3 Å². The Bertz CT molecular complexity index is 549. The molecular weight excluding hydrogens is 230 g/mol. The van der Waals surface area contributed by atoms with Crippen LogP contribution in [0, 0.1) is 0 Å². The van der Waals surface area contributed by atoms with Gasteiger partial charge in [0, 0.05) is 11.3 Å². The Morgan fingerprint density at radius 2 is 1.94 bits per heavy atom. The van der Waals surface area contributed by atoms with E-state index in [1.54, 1.807) is 14.2 Å². The van der Waals surface area contributed by atoms with Crippen molar-refractivity contribution in [3.05, 3.63) is 23.9 Å². The van der Waals surface area contributed by atoms with Crippen molar-refractivity contribution >= 4 is 5.82 Å². The minimum Gasteiger partial charge on any atom is -0.493 e. The highest BCUT2D eigenvalue weighted by Crippen LogP contribution is 2.35. The Morgan fingerprint density at radius 3 is 2.56 bits per heavy atom. The van der Waals surface area contributed by atoms with Crippen LogP contribution < -0.4 is 15.2 Å². The molecule has 96 valence electrons. The van der Waals surface area contributed by atoms with Gasteiger partial charge < -0.3 is 15.2 Å². The van der Waals surface area contributed by atoms with Crippen molar-refractivity contribution in [1.82, 2.24) is 10.2 Å². The first kappa shape index (κ1) is 12.3. The predicted octanol–water partition coefficient (Wildman–Crippen LogP) is 2.24. The van der Waals surface area contributed by atoms with Gasteiger partial charge in [0.05, 0.1) is 14.2 Å². The quantitative estimate of drug-likeness (QED) is 0.869. The van der Waals surface area contributed by atoms with E-state index < -0.39 is 0 Å². The molecule has 0 saturated carbocycles. The van der Waals surface area contributed by atoms with Crippen molar-refractivity contribution in [2.75, 3.05) is 20.0 Å². The number of anilines is 1. The molecule has 0 unspecified atom stereocenters. The first-order chi connectivity index (χ1) is 8.71. The fourth-order valence-corrected chi connectivity index (χ4v) is 1.96. The molecule has 2 aromatic rings. The number of aryl methyl sites for hydroxylation is 1. The van der Waals surface area contributed by atoms with E-state index in [1.165, 1.54) is 0 Å². The second kappa shape index (κ2) is 5.00. The number of nitrogens with one attached hydrogen (secondary N) is 1. The molecule has 0 aliphatic heterocycles. The molecule has 3 N–H and O–H groups in total. The normalized spacial score (nSPS) is 10.4. The number of rotatable bonds is 4. The molecule has 0 spiro atoms. The summed E-state index contributed by atoms with van der Waals surface area (Å²) in [5.74, 6) is 1.87. The summed E-state index contributed by atoms with van der Waals surface area (Å²) in [6, 6.07) is 5.71. The lowest BCUT2D eigenvalue weighted by atomic mass is 10.0. The molecule has 0 aliphatic carbocycles. The molecule has 1 aromatic heterocycles. The van der Waals surface area contributed by atoms with Gasteiger partial charge in [-0.3, -0.25) is 5.10 Å². The summed E-state index contributed by atoms with van der Waals surface area (Å²) >= 11 is 0. The monoisotopic (exact) mass is 247 g/mol. The van der Waals surface area contributed by atoms with Crippen molar-refractivity contribution in [3.63, 3.8) is 0 Å². The van der Waals surface area contributed by atoms with Crippen LogP contribution >= 0.6 is 0 Å². The van der Waals surface area contributed by atoms with Gasteiger partial charge in [0.1, 0.15) is 0 Å². The highest BCUT2D eigenvalue weighted by Gasteiger charge is 2.14. The number of hydrogen-bond acceptors (Lipinski definition) is 4. The number of H-pyrrole nitrogens is 1. The average molecular weight is 247 g/mol. The van der Waals surface area contributed by atoms with Crippen molar-refractivity contribution in [2.24, 2.45) is 0 Å². The van der Waals surface area contributed by atoms with Crippen LogP contribution in [0.1, 0.15) is 12.6 Å². The number of aromatic amines is 1. The molecule has 1 heterocycles. The van der Waals surface area contributed by atoms with Crippen molar-refractivity contribution in [1.29, 1.82) is 0 Å². The summed E-state index contributed by atoms with van der Waals surface area (Å²) < 4.78 is 10.5. The summed E-state index contributed by atoms with van der Waals surface area (Å²) in [6.45, 7) is 2.05. The first-order valence-electron chi connectivity index (χ1n) is 5.76. The lowest BCUT2D eigenvalue weighted by Crippen LogP contribution is -1.93. The van der Waals surface area contributed by atoms with Gasteiger partial charge in [-0.25, -0.2) is 0 Å². The molecule has 2 rings (SSSR count). The van der Waals surface area contributed by atoms with Gasteiger partial charge in [-0.05, 0) is 24.1 Å². The van der Waals surface area contributed by atoms with Crippen molar-refractivity contribution in [3.8, 4) is 22.6 Å². The van der Waals surface area contributed by atoms with Gasteiger partial charge in [0.2, 0.25) is 0 Å². The molecule has 0 radical (unpaired) electrons. The molecule has 1 aromatic carbocycles. The van der Waals surface area contributed by atoms with Crippen LogP contribution in [-0.2, 0) is 6.42 Å². The molecule has 5 heteroatoms. The third-order valence-corrected chi connectivity index (χ3v) is 2.89. The van der Waals surface area contributed by atoms with Crippen LogP contribution in [0.25, 0.3) is 11.1 Å². The van der Waals surface area contributed by atoms with E-state index in [0.717, 1.165) is 23.2 Å². The van der Waals surface area contributed by atoms with Gasteiger partial charge in [0.15, 0.2) is 17.3 Å². The van der Waals surface area contributed by atoms with Crippen LogP contribution in [0.2, 0.25) is 0 Å². The number of benzene rings is 1. The van der Waals surface area contributed by atoms with Crippen molar-refractivity contribution < 1.29 is 9.47 Å². The highest BCUT2D eigenvalue weighted by molar-refractivity contribution is 5.77. The fraction of sp³-hybridized carbons (Fsp3) is 0.308. The number of methoxy groups -OCH3 is 2. The molecule has 0 bridgehead atoms. The minimum absolute atomic E-state index is 0.499. The largest absolute Gasteiger partial charge is 0.493 e. The summed E-state index contributed by atoms with van der Waals surface area (Å²) in [5, 5.41) is 6.98. The number of nitrogen functional groups attached to an aromatic ring is 1. The fourth-order valence-electron chi connectivity index (χ4n) is 1.96. The average Bonchev–Trinajstić information content (AvgIpc) is 2.79. The molecule has 0 saturated heterocycles. The smallest absolute Gasteiger partial charge is 0.161 e. The molecule has 5 nitrogen and oxygen atoms in total. The second-order valence-electron chi connectivity index (χ2n) is 3.89. The summed E-state index contributed by atoms with van der Waals surface area (Å²) in [6.07, 6.45) is 0.841. The maximum atomic E-state index is 5.90. The molecule has 18 heavy (non-hydrogen) atoms. The maximum absolute atomic E-state index is 5.90. The summed E-state index contributed by atoms with van der Waals surface area (Å²) in [5.41, 5.74) is 8.81. The van der Waals surface area contributed by atoms with Crippen LogP contribution in [0.3, 0.4) is 0 Å². The number of nitrogens with zero attached hydrogens (tertiary/aromatic N) is 1. The Balaban J connectivity index is 2.54. The lowest BCUT2D eigenvalue weighted by Gasteiger charge is -2.10. The molecule has 0 fully saturated rings. The topological polar surface area (TPSA) is 73.2 Å². The van der Waals surface area contributed by atoms with Crippen LogP contribution in [0.5, 0.6) is 11.5 Å². The van der Waals surface area contributed by atoms with Gasteiger partial charge >= 0.3 is 0 Å². The summed E-state index contributed by atoms with van der Waals surface area (Å²) in [4.78, 5) is 0. The molecular formula is C13H17N3O2. The minimum atomic E-state index is 0.499. The second-order valence-corrected chi connectivity index (χ2v) is 3.89. The van der Waals surface area contributed by atoms with Gasteiger partial charge in [0.25, 0.3) is 0 Å². The highest BCUT2D eigenvalue weighted by atomic mass is 16.5.